The summed E-state index contributed by atoms with van der Waals surface area (Å²) < 4.78 is 0. The fourth-order valence-electron chi connectivity index (χ4n) is 0.560. The second kappa shape index (κ2) is 6.09. The molecule has 0 atom stereocenters. The van der Waals surface area contributed by atoms with Crippen LogP contribution in [0.15, 0.2) is 48.6 Å². The predicted molar refractivity (Wildman–Crippen MR) is 47.9 cm³/mol. The SMILES string of the molecule is C=C\C=C(C)/C=C\C=C/C. The Morgan fingerprint density at radius 3 is 2.50 bits per heavy atom. The van der Waals surface area contributed by atoms with Gasteiger partial charge in [0.1, 0.15) is 0 Å². The monoisotopic (exact) mass is 134 g/mol. The third-order valence-electron chi connectivity index (χ3n) is 1.04. The molecule has 0 unspecified atom stereocenters. The molecule has 10 heavy (non-hydrogen) atoms. The van der Waals surface area contributed by atoms with Crippen molar-refractivity contribution in [2.45, 2.75) is 13.8 Å². The van der Waals surface area contributed by atoms with Crippen molar-refractivity contribution in [1.29, 1.82) is 0 Å². The first kappa shape index (κ1) is 8.96. The Balaban J connectivity index is 3.88. The Bertz CT molecular complexity index is 168. The van der Waals surface area contributed by atoms with Gasteiger partial charge in [-0.3, -0.25) is 0 Å². The highest BCUT2D eigenvalue weighted by atomic mass is 13.8. The molecule has 0 rings (SSSR count). The molecule has 0 N–H and O–H groups in total. The second-order valence-electron chi connectivity index (χ2n) is 2.03. The number of hydrogen-bond donors (Lipinski definition) is 0. The lowest BCUT2D eigenvalue weighted by molar-refractivity contribution is 1.52. The van der Waals surface area contributed by atoms with Crippen LogP contribution in [-0.2, 0) is 0 Å². The molecular formula is C10H14. The van der Waals surface area contributed by atoms with Gasteiger partial charge in [-0.25, -0.2) is 0 Å². The van der Waals surface area contributed by atoms with Gasteiger partial charge in [0, 0.05) is 0 Å². The first-order valence-corrected chi connectivity index (χ1v) is 3.40. The number of hydrogen-bond acceptors (Lipinski definition) is 0. The van der Waals surface area contributed by atoms with Crippen LogP contribution in [0.2, 0.25) is 0 Å². The summed E-state index contributed by atoms with van der Waals surface area (Å²) in [5.74, 6) is 0. The van der Waals surface area contributed by atoms with Crippen molar-refractivity contribution in [1.82, 2.24) is 0 Å². The zero-order valence-electron chi connectivity index (χ0n) is 6.67. The van der Waals surface area contributed by atoms with Gasteiger partial charge in [-0.15, -0.1) is 0 Å². The summed E-state index contributed by atoms with van der Waals surface area (Å²) in [4.78, 5) is 0. The zero-order chi connectivity index (χ0) is 7.82. The molecule has 0 bridgehead atoms. The second-order valence-corrected chi connectivity index (χ2v) is 2.03. The van der Waals surface area contributed by atoms with E-state index in [2.05, 4.69) is 6.58 Å². The van der Waals surface area contributed by atoms with E-state index in [4.69, 9.17) is 0 Å². The molecular weight excluding hydrogens is 120 g/mol. The van der Waals surface area contributed by atoms with Crippen molar-refractivity contribution in [3.8, 4) is 0 Å². The lowest BCUT2D eigenvalue weighted by Crippen LogP contribution is -1.62. The van der Waals surface area contributed by atoms with E-state index in [0.29, 0.717) is 0 Å². The third-order valence-corrected chi connectivity index (χ3v) is 1.04. The zero-order valence-corrected chi connectivity index (χ0v) is 6.67. The lowest BCUT2D eigenvalue weighted by atomic mass is 10.2. The highest BCUT2D eigenvalue weighted by Crippen LogP contribution is 1.94. The van der Waals surface area contributed by atoms with E-state index < -0.39 is 0 Å². The van der Waals surface area contributed by atoms with E-state index in [0.717, 1.165) is 0 Å². The Morgan fingerprint density at radius 2 is 2.00 bits per heavy atom. The highest BCUT2D eigenvalue weighted by Gasteiger charge is 1.73. The molecule has 0 heteroatoms. The van der Waals surface area contributed by atoms with E-state index >= 15 is 0 Å². The minimum absolute atomic E-state index is 1.22. The average molecular weight is 134 g/mol. The van der Waals surface area contributed by atoms with Crippen molar-refractivity contribution in [2.75, 3.05) is 0 Å². The molecule has 0 radical (unpaired) electrons. The van der Waals surface area contributed by atoms with Gasteiger partial charge in [0.25, 0.3) is 0 Å². The molecule has 0 aromatic carbocycles. The quantitative estimate of drug-likeness (QED) is 0.520. The van der Waals surface area contributed by atoms with Crippen molar-refractivity contribution in [3.63, 3.8) is 0 Å². The van der Waals surface area contributed by atoms with Gasteiger partial charge in [0.2, 0.25) is 0 Å². The molecule has 0 aromatic heterocycles. The van der Waals surface area contributed by atoms with Gasteiger partial charge in [0.05, 0.1) is 0 Å². The fourth-order valence-corrected chi connectivity index (χ4v) is 0.560. The van der Waals surface area contributed by atoms with Crippen molar-refractivity contribution < 1.29 is 0 Å². The van der Waals surface area contributed by atoms with Crippen molar-refractivity contribution in [2.24, 2.45) is 0 Å². The van der Waals surface area contributed by atoms with Gasteiger partial charge in [-0.1, -0.05) is 48.6 Å². The maximum absolute atomic E-state index is 3.60. The Hall–Kier alpha value is -1.04. The summed E-state index contributed by atoms with van der Waals surface area (Å²) in [7, 11) is 0. The van der Waals surface area contributed by atoms with E-state index in [1.165, 1.54) is 5.57 Å². The standard InChI is InChI=1S/C10H14/c1-4-6-7-9-10(3)8-5-2/h4-9H,2H2,1,3H3/b6-4-,9-7-,10-8-. The fraction of sp³-hybridized carbons (Fsp3) is 0.200. The largest absolute Gasteiger partial charge is 0.0991 e. The molecule has 0 aliphatic rings. The van der Waals surface area contributed by atoms with Gasteiger partial charge >= 0.3 is 0 Å². The van der Waals surface area contributed by atoms with Crippen LogP contribution in [0.5, 0.6) is 0 Å². The summed E-state index contributed by atoms with van der Waals surface area (Å²) >= 11 is 0. The van der Waals surface area contributed by atoms with Gasteiger partial charge in [0.15, 0.2) is 0 Å². The Labute approximate surface area is 63.3 Å². The minimum atomic E-state index is 1.22. The number of allylic oxidation sites excluding steroid dienone is 7. The number of rotatable bonds is 3. The summed E-state index contributed by atoms with van der Waals surface area (Å²) in [5, 5.41) is 0. The van der Waals surface area contributed by atoms with E-state index in [1.807, 2.05) is 44.2 Å². The molecule has 0 heterocycles. The van der Waals surface area contributed by atoms with Crippen LogP contribution in [0.25, 0.3) is 0 Å². The van der Waals surface area contributed by atoms with E-state index in [-0.39, 0.29) is 0 Å². The van der Waals surface area contributed by atoms with Crippen LogP contribution < -0.4 is 0 Å². The Kier molecular flexibility index (Phi) is 5.45. The Morgan fingerprint density at radius 1 is 1.30 bits per heavy atom. The van der Waals surface area contributed by atoms with Crippen LogP contribution in [0.1, 0.15) is 13.8 Å². The van der Waals surface area contributed by atoms with Crippen LogP contribution >= 0.6 is 0 Å². The molecule has 0 aliphatic carbocycles. The van der Waals surface area contributed by atoms with Crippen molar-refractivity contribution in [3.05, 3.63) is 48.6 Å². The molecule has 54 valence electrons. The molecule has 0 aliphatic heterocycles. The average Bonchev–Trinajstić information content (AvgIpc) is 1.89. The van der Waals surface area contributed by atoms with Gasteiger partial charge < -0.3 is 0 Å². The smallest absolute Gasteiger partial charge is 0.0398 e. The summed E-state index contributed by atoms with van der Waals surface area (Å²) in [5.41, 5.74) is 1.22. The maximum atomic E-state index is 3.60. The predicted octanol–water partition coefficient (Wildman–Crippen LogP) is 3.25. The normalized spacial score (nSPS) is 13.2. The van der Waals surface area contributed by atoms with Crippen LogP contribution in [0, 0.1) is 0 Å². The van der Waals surface area contributed by atoms with Crippen LogP contribution in [0.3, 0.4) is 0 Å². The summed E-state index contributed by atoms with van der Waals surface area (Å²) in [6, 6.07) is 0. The minimum Gasteiger partial charge on any atom is -0.0991 e. The topological polar surface area (TPSA) is 0 Å². The first-order valence-electron chi connectivity index (χ1n) is 3.40. The first-order chi connectivity index (χ1) is 4.81. The molecule has 0 saturated heterocycles. The van der Waals surface area contributed by atoms with E-state index in [1.54, 1.807) is 6.08 Å². The molecule has 0 saturated carbocycles. The lowest BCUT2D eigenvalue weighted by Gasteiger charge is -1.83. The van der Waals surface area contributed by atoms with Crippen LogP contribution in [-0.4, -0.2) is 0 Å². The molecule has 0 fully saturated rings. The molecule has 0 nitrogen and oxygen atoms in total. The van der Waals surface area contributed by atoms with E-state index in [9.17, 15) is 0 Å². The molecule has 0 amide bonds. The van der Waals surface area contributed by atoms with Gasteiger partial charge in [-0.05, 0) is 13.8 Å². The summed E-state index contributed by atoms with van der Waals surface area (Å²) in [6.07, 6.45) is 11.8. The molecule has 0 aromatic rings. The third kappa shape index (κ3) is 5.10. The van der Waals surface area contributed by atoms with Crippen LogP contribution in [0.4, 0.5) is 0 Å². The molecule has 0 spiro atoms. The van der Waals surface area contributed by atoms with Crippen molar-refractivity contribution >= 4 is 0 Å². The highest BCUT2D eigenvalue weighted by molar-refractivity contribution is 5.23. The summed E-state index contributed by atoms with van der Waals surface area (Å²) in [6.45, 7) is 7.64. The van der Waals surface area contributed by atoms with Gasteiger partial charge in [-0.2, -0.15) is 0 Å². The maximum Gasteiger partial charge on any atom is -0.0398 e.